The molecule has 203 valence electrons. The predicted octanol–water partition coefficient (Wildman–Crippen LogP) is 10.0. The fourth-order valence-corrected chi connectivity index (χ4v) is 5.93. The monoisotopic (exact) mass is 725 g/mol. The van der Waals surface area contributed by atoms with Gasteiger partial charge >= 0.3 is 0 Å². The summed E-state index contributed by atoms with van der Waals surface area (Å²) in [5.74, 6) is 0. The molecular formula is C37H28IrN2S-2. The van der Waals surface area contributed by atoms with Gasteiger partial charge in [0.2, 0.25) is 0 Å². The number of aryl methyl sites for hydroxylation is 2. The molecule has 0 saturated carbocycles. The molecule has 0 aliphatic carbocycles. The fourth-order valence-electron chi connectivity index (χ4n) is 4.81. The second-order valence-corrected chi connectivity index (χ2v) is 10.7. The molecule has 3 heterocycles. The van der Waals surface area contributed by atoms with Crippen LogP contribution in [0.5, 0.6) is 0 Å². The molecule has 0 spiro atoms. The molecule has 2 nitrogen and oxygen atoms in total. The Bertz CT molecular complexity index is 1880. The molecule has 0 aliphatic rings. The maximum absolute atomic E-state index is 4.60. The van der Waals surface area contributed by atoms with Gasteiger partial charge in [-0.3, -0.25) is 0 Å². The molecule has 0 N–H and O–H groups in total. The van der Waals surface area contributed by atoms with Gasteiger partial charge in [-0.2, -0.15) is 11.3 Å². The Balaban J connectivity index is 0.000000161. The van der Waals surface area contributed by atoms with Crippen LogP contribution in [0.4, 0.5) is 0 Å². The topological polar surface area (TPSA) is 25.8 Å². The first kappa shape index (κ1) is 28.6. The first-order chi connectivity index (χ1) is 19.7. The molecule has 0 fully saturated rings. The molecule has 1 radical (unpaired) electrons. The van der Waals surface area contributed by atoms with Gasteiger partial charge in [0.05, 0.1) is 0 Å². The second kappa shape index (κ2) is 13.1. The van der Waals surface area contributed by atoms with E-state index >= 15 is 0 Å². The Labute approximate surface area is 259 Å². The van der Waals surface area contributed by atoms with Crippen molar-refractivity contribution in [2.75, 3.05) is 0 Å². The number of rotatable bonds is 4. The van der Waals surface area contributed by atoms with E-state index in [0.717, 1.165) is 28.9 Å². The Morgan fingerprint density at radius 3 is 2.22 bits per heavy atom. The molecule has 7 aromatic rings. The summed E-state index contributed by atoms with van der Waals surface area (Å²) >= 11 is 1.83. The molecule has 0 atom stereocenters. The Morgan fingerprint density at radius 1 is 0.683 bits per heavy atom. The second-order valence-electron chi connectivity index (χ2n) is 9.67. The quantitative estimate of drug-likeness (QED) is 0.169. The number of thiophene rings is 1. The van der Waals surface area contributed by atoms with E-state index in [1.165, 1.54) is 42.4 Å². The summed E-state index contributed by atoms with van der Waals surface area (Å²) in [6, 6.07) is 44.1. The van der Waals surface area contributed by atoms with Gasteiger partial charge in [0.1, 0.15) is 0 Å². The summed E-state index contributed by atoms with van der Waals surface area (Å²) in [6.07, 6.45) is 4.87. The average molecular weight is 725 g/mol. The molecule has 0 amide bonds. The summed E-state index contributed by atoms with van der Waals surface area (Å²) in [7, 11) is 0. The number of pyridine rings is 2. The van der Waals surface area contributed by atoms with Gasteiger partial charge in [0.25, 0.3) is 0 Å². The average Bonchev–Trinajstić information content (AvgIpc) is 3.40. The van der Waals surface area contributed by atoms with E-state index in [9.17, 15) is 0 Å². The summed E-state index contributed by atoms with van der Waals surface area (Å²) in [6.45, 7) is 4.23. The SMILES string of the molecule is CCc1cc(-c2[c-]cccc2)ncc1-c1ccccc1.Cc1ccc(-c2[c-]cc3c(c2)sc2ccccc23)nc1.[Ir]. The van der Waals surface area contributed by atoms with E-state index in [0.29, 0.717) is 0 Å². The van der Waals surface area contributed by atoms with E-state index in [-0.39, 0.29) is 20.1 Å². The molecule has 41 heavy (non-hydrogen) atoms. The number of benzene rings is 4. The van der Waals surface area contributed by atoms with Gasteiger partial charge in [0.15, 0.2) is 0 Å². The number of nitrogens with zero attached hydrogens (tertiary/aromatic N) is 2. The summed E-state index contributed by atoms with van der Waals surface area (Å²) in [5.41, 5.74) is 9.01. The zero-order chi connectivity index (χ0) is 27.3. The van der Waals surface area contributed by atoms with Crippen molar-refractivity contribution in [2.45, 2.75) is 20.3 Å². The number of hydrogen-bond donors (Lipinski definition) is 0. The number of aromatic nitrogens is 2. The van der Waals surface area contributed by atoms with Crippen LogP contribution in [-0.4, -0.2) is 9.97 Å². The van der Waals surface area contributed by atoms with Gasteiger partial charge in [0, 0.05) is 42.8 Å². The summed E-state index contributed by atoms with van der Waals surface area (Å²) in [5, 5.41) is 2.59. The normalized spacial score (nSPS) is 10.6. The van der Waals surface area contributed by atoms with Gasteiger partial charge in [-0.05, 0) is 57.6 Å². The van der Waals surface area contributed by atoms with Crippen LogP contribution >= 0.6 is 11.3 Å². The molecule has 3 aromatic heterocycles. The van der Waals surface area contributed by atoms with Gasteiger partial charge in [-0.1, -0.05) is 79.0 Å². The smallest absolute Gasteiger partial charge is 0.0246 e. The first-order valence-corrected chi connectivity index (χ1v) is 14.3. The predicted molar refractivity (Wildman–Crippen MR) is 169 cm³/mol. The molecule has 7 rings (SSSR count). The fraction of sp³-hybridized carbons (Fsp3) is 0.0811. The van der Waals surface area contributed by atoms with E-state index in [1.807, 2.05) is 54.1 Å². The van der Waals surface area contributed by atoms with E-state index in [1.54, 1.807) is 0 Å². The first-order valence-electron chi connectivity index (χ1n) is 13.5. The van der Waals surface area contributed by atoms with Crippen LogP contribution in [0.15, 0.2) is 122 Å². The van der Waals surface area contributed by atoms with Crippen LogP contribution in [0, 0.1) is 19.1 Å². The van der Waals surface area contributed by atoms with Crippen molar-refractivity contribution >= 4 is 31.5 Å². The van der Waals surface area contributed by atoms with Crippen LogP contribution in [0.1, 0.15) is 18.1 Å². The van der Waals surface area contributed by atoms with Gasteiger partial charge in [-0.15, -0.1) is 59.7 Å². The largest absolute Gasteiger partial charge is 0.304 e. The van der Waals surface area contributed by atoms with Crippen molar-refractivity contribution in [3.63, 3.8) is 0 Å². The molecule has 0 aliphatic heterocycles. The van der Waals surface area contributed by atoms with Gasteiger partial charge < -0.3 is 9.97 Å². The molecular weight excluding hydrogens is 697 g/mol. The van der Waals surface area contributed by atoms with Crippen molar-refractivity contribution in [1.82, 2.24) is 9.97 Å². The molecule has 0 unspecified atom stereocenters. The third kappa shape index (κ3) is 6.36. The number of hydrogen-bond acceptors (Lipinski definition) is 3. The van der Waals surface area contributed by atoms with E-state index in [4.69, 9.17) is 0 Å². The van der Waals surface area contributed by atoms with Crippen molar-refractivity contribution in [3.8, 4) is 33.6 Å². The maximum atomic E-state index is 4.60. The van der Waals surface area contributed by atoms with Crippen LogP contribution in [0.2, 0.25) is 0 Å². The Morgan fingerprint density at radius 2 is 1.46 bits per heavy atom. The molecule has 4 heteroatoms. The Hall–Kier alpha value is -3.95. The van der Waals surface area contributed by atoms with Crippen molar-refractivity contribution in [2.24, 2.45) is 0 Å². The minimum absolute atomic E-state index is 0. The molecule has 0 saturated heterocycles. The standard InChI is InChI=1S/C19H16N.C18H12NS.Ir/c1-2-15-13-19(17-11-7-4-8-12-17)20-14-18(15)16-9-5-3-6-10-16;1-12-6-9-16(19-11-12)13-7-8-15-14-4-2-3-5-17(14)20-18(15)10-13;/h3-11,13-14H,2H2,1H3;2-6,8-11H,1H3;/q2*-1;. The van der Waals surface area contributed by atoms with E-state index < -0.39 is 0 Å². The minimum Gasteiger partial charge on any atom is -0.304 e. The minimum atomic E-state index is 0. The Kier molecular flexibility index (Phi) is 9.16. The molecule has 0 bridgehead atoms. The van der Waals surface area contributed by atoms with Crippen molar-refractivity contribution < 1.29 is 20.1 Å². The number of fused-ring (bicyclic) bond motifs is 3. The zero-order valence-corrected chi connectivity index (χ0v) is 26.1. The zero-order valence-electron chi connectivity index (χ0n) is 22.9. The van der Waals surface area contributed by atoms with Crippen molar-refractivity contribution in [1.29, 1.82) is 0 Å². The maximum Gasteiger partial charge on any atom is 0.0246 e. The van der Waals surface area contributed by atoms with E-state index in [2.05, 4.69) is 115 Å². The van der Waals surface area contributed by atoms with Crippen LogP contribution in [-0.2, 0) is 26.5 Å². The van der Waals surface area contributed by atoms with Crippen molar-refractivity contribution in [3.05, 3.63) is 145 Å². The van der Waals surface area contributed by atoms with Gasteiger partial charge in [-0.25, -0.2) is 0 Å². The third-order valence-corrected chi connectivity index (χ3v) is 8.07. The summed E-state index contributed by atoms with van der Waals surface area (Å²) < 4.78 is 2.62. The van der Waals surface area contributed by atoms with Crippen LogP contribution < -0.4 is 0 Å². The third-order valence-electron chi connectivity index (χ3n) is 6.94. The van der Waals surface area contributed by atoms with Crippen LogP contribution in [0.3, 0.4) is 0 Å². The summed E-state index contributed by atoms with van der Waals surface area (Å²) in [4.78, 5) is 9.09. The van der Waals surface area contributed by atoms with Crippen LogP contribution in [0.25, 0.3) is 53.8 Å². The molecule has 4 aromatic carbocycles.